The van der Waals surface area contributed by atoms with Crippen molar-refractivity contribution < 1.29 is 14.6 Å². The summed E-state index contributed by atoms with van der Waals surface area (Å²) in [5, 5.41) is 9.12. The van der Waals surface area contributed by atoms with Crippen LogP contribution >= 0.6 is 11.3 Å². The zero-order chi connectivity index (χ0) is 10.6. The first-order valence-electron chi connectivity index (χ1n) is 4.35. The average molecular weight is 215 g/mol. The van der Waals surface area contributed by atoms with Gasteiger partial charge in [0.15, 0.2) is 0 Å². The van der Waals surface area contributed by atoms with Gasteiger partial charge >= 0.3 is 5.97 Å². The van der Waals surface area contributed by atoms with E-state index in [0.29, 0.717) is 11.6 Å². The maximum Gasteiger partial charge on any atom is 0.303 e. The first-order valence-corrected chi connectivity index (χ1v) is 5.17. The fraction of sp³-hybridized carbons (Fsp3) is 0.556. The summed E-state index contributed by atoms with van der Waals surface area (Å²) >= 11 is 1.48. The summed E-state index contributed by atoms with van der Waals surface area (Å²) in [6, 6.07) is 0. The summed E-state index contributed by atoms with van der Waals surface area (Å²) in [5.74, 6) is -0.751. The first-order chi connectivity index (χ1) is 6.63. The van der Waals surface area contributed by atoms with Crippen molar-refractivity contribution >= 4 is 17.3 Å². The predicted octanol–water partition coefficient (Wildman–Crippen LogP) is 1.87. The number of aromatic nitrogens is 1. The van der Waals surface area contributed by atoms with E-state index in [0.717, 1.165) is 17.0 Å². The van der Waals surface area contributed by atoms with Crippen LogP contribution in [0.25, 0.3) is 0 Å². The van der Waals surface area contributed by atoms with Crippen molar-refractivity contribution in [2.45, 2.75) is 26.2 Å². The Bertz CT molecular complexity index is 322. The highest BCUT2D eigenvalue weighted by Gasteiger charge is 2.07. The van der Waals surface area contributed by atoms with E-state index in [2.05, 4.69) is 4.98 Å². The standard InChI is InChI=1S/C9H13NO3S/c1-6-7(4-3-5-8(11)12)14-9(10-6)13-2/h3-5H2,1-2H3,(H,11,12). The molecule has 0 aliphatic carbocycles. The number of methoxy groups -OCH3 is 1. The fourth-order valence-corrected chi connectivity index (χ4v) is 2.04. The number of rotatable bonds is 5. The van der Waals surface area contributed by atoms with Gasteiger partial charge in [-0.25, -0.2) is 4.98 Å². The summed E-state index contributed by atoms with van der Waals surface area (Å²) < 4.78 is 4.99. The van der Waals surface area contributed by atoms with Gasteiger partial charge in [-0.15, -0.1) is 0 Å². The van der Waals surface area contributed by atoms with Gasteiger partial charge in [-0.05, 0) is 19.8 Å². The van der Waals surface area contributed by atoms with Crippen LogP contribution in [0.2, 0.25) is 0 Å². The second kappa shape index (κ2) is 4.95. The Morgan fingerprint density at radius 1 is 1.64 bits per heavy atom. The molecule has 1 aromatic rings. The van der Waals surface area contributed by atoms with E-state index in [4.69, 9.17) is 9.84 Å². The second-order valence-corrected chi connectivity index (χ2v) is 3.99. The minimum atomic E-state index is -0.751. The van der Waals surface area contributed by atoms with Crippen LogP contribution in [0.4, 0.5) is 0 Å². The van der Waals surface area contributed by atoms with Gasteiger partial charge in [-0.2, -0.15) is 0 Å². The van der Waals surface area contributed by atoms with Gasteiger partial charge in [0.05, 0.1) is 12.8 Å². The molecule has 0 aromatic carbocycles. The number of aryl methyl sites for hydroxylation is 2. The van der Waals surface area contributed by atoms with Crippen LogP contribution in [-0.2, 0) is 11.2 Å². The Morgan fingerprint density at radius 3 is 2.86 bits per heavy atom. The number of aliphatic carboxylic acids is 1. The topological polar surface area (TPSA) is 59.4 Å². The van der Waals surface area contributed by atoms with Crippen LogP contribution in [0, 0.1) is 6.92 Å². The Kier molecular flexibility index (Phi) is 3.88. The molecule has 4 nitrogen and oxygen atoms in total. The molecule has 0 aliphatic rings. The smallest absolute Gasteiger partial charge is 0.303 e. The highest BCUT2D eigenvalue weighted by molar-refractivity contribution is 7.13. The largest absolute Gasteiger partial charge is 0.481 e. The molecule has 1 aromatic heterocycles. The molecule has 5 heteroatoms. The number of ether oxygens (including phenoxy) is 1. The minimum Gasteiger partial charge on any atom is -0.481 e. The van der Waals surface area contributed by atoms with E-state index in [1.54, 1.807) is 7.11 Å². The molecule has 0 bridgehead atoms. The number of carboxylic acid groups (broad SMARTS) is 1. The van der Waals surface area contributed by atoms with Gasteiger partial charge in [-0.3, -0.25) is 4.79 Å². The molecule has 0 spiro atoms. The van der Waals surface area contributed by atoms with Crippen LogP contribution in [-0.4, -0.2) is 23.2 Å². The third kappa shape index (κ3) is 2.99. The Balaban J connectivity index is 2.49. The number of carboxylic acids is 1. The zero-order valence-corrected chi connectivity index (χ0v) is 9.06. The molecule has 14 heavy (non-hydrogen) atoms. The number of nitrogens with zero attached hydrogens (tertiary/aromatic N) is 1. The number of thiazole rings is 1. The van der Waals surface area contributed by atoms with E-state index in [-0.39, 0.29) is 6.42 Å². The minimum absolute atomic E-state index is 0.208. The lowest BCUT2D eigenvalue weighted by molar-refractivity contribution is -0.137. The molecule has 0 fully saturated rings. The van der Waals surface area contributed by atoms with Crippen LogP contribution in [0.15, 0.2) is 0 Å². The Morgan fingerprint density at radius 2 is 2.36 bits per heavy atom. The summed E-state index contributed by atoms with van der Waals surface area (Å²) in [7, 11) is 1.58. The van der Waals surface area contributed by atoms with E-state index in [1.165, 1.54) is 11.3 Å². The molecular formula is C9H13NO3S. The highest BCUT2D eigenvalue weighted by atomic mass is 32.1. The molecule has 1 heterocycles. The first kappa shape index (κ1) is 11.0. The molecule has 0 atom stereocenters. The van der Waals surface area contributed by atoms with Crippen molar-refractivity contribution in [1.29, 1.82) is 0 Å². The van der Waals surface area contributed by atoms with Crippen molar-refractivity contribution in [3.63, 3.8) is 0 Å². The highest BCUT2D eigenvalue weighted by Crippen LogP contribution is 2.25. The average Bonchev–Trinajstić information content (AvgIpc) is 2.47. The van der Waals surface area contributed by atoms with Gasteiger partial charge in [0.25, 0.3) is 5.19 Å². The van der Waals surface area contributed by atoms with Crippen LogP contribution < -0.4 is 4.74 Å². The Labute approximate surface area is 86.6 Å². The molecule has 0 aliphatic heterocycles. The maximum atomic E-state index is 10.3. The SMILES string of the molecule is COc1nc(C)c(CCCC(=O)O)s1. The summed E-state index contributed by atoms with van der Waals surface area (Å²) in [5.41, 5.74) is 0.942. The summed E-state index contributed by atoms with van der Waals surface area (Å²) in [6.45, 7) is 1.91. The molecular weight excluding hydrogens is 202 g/mol. The van der Waals surface area contributed by atoms with Crippen molar-refractivity contribution in [3.05, 3.63) is 10.6 Å². The van der Waals surface area contributed by atoms with Gasteiger partial charge < -0.3 is 9.84 Å². The van der Waals surface area contributed by atoms with E-state index < -0.39 is 5.97 Å². The number of carbonyl (C=O) groups is 1. The van der Waals surface area contributed by atoms with E-state index in [9.17, 15) is 4.79 Å². The molecule has 0 unspecified atom stereocenters. The van der Waals surface area contributed by atoms with Crippen molar-refractivity contribution in [1.82, 2.24) is 4.98 Å². The van der Waals surface area contributed by atoms with Crippen molar-refractivity contribution in [2.24, 2.45) is 0 Å². The molecule has 0 saturated heterocycles. The Hall–Kier alpha value is -1.10. The molecule has 0 amide bonds. The molecule has 1 N–H and O–H groups in total. The maximum absolute atomic E-state index is 10.3. The molecule has 0 radical (unpaired) electrons. The number of hydrogen-bond acceptors (Lipinski definition) is 4. The van der Waals surface area contributed by atoms with Gasteiger partial charge in [-0.1, -0.05) is 11.3 Å². The lowest BCUT2D eigenvalue weighted by Gasteiger charge is -1.95. The van der Waals surface area contributed by atoms with Crippen LogP contribution in [0.3, 0.4) is 0 Å². The monoisotopic (exact) mass is 215 g/mol. The van der Waals surface area contributed by atoms with Gasteiger partial charge in [0, 0.05) is 11.3 Å². The van der Waals surface area contributed by atoms with Crippen molar-refractivity contribution in [2.75, 3.05) is 7.11 Å². The second-order valence-electron chi connectivity index (χ2n) is 2.94. The molecule has 1 rings (SSSR count). The fourth-order valence-electron chi connectivity index (χ4n) is 1.12. The quantitative estimate of drug-likeness (QED) is 0.814. The van der Waals surface area contributed by atoms with E-state index >= 15 is 0 Å². The third-order valence-electron chi connectivity index (χ3n) is 1.84. The van der Waals surface area contributed by atoms with Crippen LogP contribution in [0.1, 0.15) is 23.4 Å². The lowest BCUT2D eigenvalue weighted by atomic mass is 10.2. The van der Waals surface area contributed by atoms with Crippen molar-refractivity contribution in [3.8, 4) is 5.19 Å². The zero-order valence-electron chi connectivity index (χ0n) is 8.24. The predicted molar refractivity (Wildman–Crippen MR) is 54.0 cm³/mol. The van der Waals surface area contributed by atoms with Gasteiger partial charge in [0.1, 0.15) is 0 Å². The third-order valence-corrected chi connectivity index (χ3v) is 3.02. The van der Waals surface area contributed by atoms with Gasteiger partial charge in [0.2, 0.25) is 0 Å². The molecule has 0 saturated carbocycles. The summed E-state index contributed by atoms with van der Waals surface area (Å²) in [4.78, 5) is 15.6. The normalized spacial score (nSPS) is 10.1. The lowest BCUT2D eigenvalue weighted by Crippen LogP contribution is -1.95. The van der Waals surface area contributed by atoms with Crippen LogP contribution in [0.5, 0.6) is 5.19 Å². The molecule has 78 valence electrons. The van der Waals surface area contributed by atoms with E-state index in [1.807, 2.05) is 6.92 Å². The number of hydrogen-bond donors (Lipinski definition) is 1. The summed E-state index contributed by atoms with van der Waals surface area (Å²) in [6.07, 6.45) is 1.63.